The number of rotatable bonds is 3. The van der Waals surface area contributed by atoms with Crippen LogP contribution >= 0.6 is 0 Å². The molecule has 0 aromatic heterocycles. The molecule has 4 rings (SSSR count). The van der Waals surface area contributed by atoms with Crippen molar-refractivity contribution in [2.75, 3.05) is 5.01 Å². The number of hydrogen-bond donors (Lipinski definition) is 0. The molecular formula is C20H16N2O. The van der Waals surface area contributed by atoms with Gasteiger partial charge in [-0.25, -0.2) is 5.01 Å². The molecule has 0 spiro atoms. The highest BCUT2D eigenvalue weighted by atomic mass is 16.5. The van der Waals surface area contributed by atoms with Gasteiger partial charge in [0, 0.05) is 11.1 Å². The van der Waals surface area contributed by atoms with E-state index in [9.17, 15) is 0 Å². The number of benzene rings is 3. The van der Waals surface area contributed by atoms with Crippen molar-refractivity contribution in [1.82, 2.24) is 0 Å². The summed E-state index contributed by atoms with van der Waals surface area (Å²) in [7, 11) is 0. The van der Waals surface area contributed by atoms with Crippen LogP contribution in [0.2, 0.25) is 0 Å². The molecule has 23 heavy (non-hydrogen) atoms. The Bertz CT molecular complexity index is 815. The number of hydrogen-bond acceptors (Lipinski definition) is 3. The second-order valence-electron chi connectivity index (χ2n) is 5.35. The minimum atomic E-state index is -0.235. The van der Waals surface area contributed by atoms with Crippen molar-refractivity contribution in [3.05, 3.63) is 90.5 Å². The molecule has 112 valence electrons. The zero-order valence-electron chi connectivity index (χ0n) is 12.5. The van der Waals surface area contributed by atoms with Gasteiger partial charge in [0.25, 0.3) is 0 Å². The lowest BCUT2D eigenvalue weighted by molar-refractivity contribution is 0.227. The van der Waals surface area contributed by atoms with Crippen molar-refractivity contribution in [1.29, 1.82) is 0 Å². The van der Waals surface area contributed by atoms with Crippen LogP contribution in [0.1, 0.15) is 11.8 Å². The monoisotopic (exact) mass is 300 g/mol. The van der Waals surface area contributed by atoms with Crippen LogP contribution in [0.15, 0.2) is 90.0 Å². The number of para-hydroxylation sites is 1. The van der Waals surface area contributed by atoms with Crippen LogP contribution in [0, 0.1) is 0 Å². The third-order valence-corrected chi connectivity index (χ3v) is 3.90. The third-order valence-electron chi connectivity index (χ3n) is 3.90. The van der Waals surface area contributed by atoms with Crippen molar-refractivity contribution in [2.45, 2.75) is 6.23 Å². The average Bonchev–Trinajstić information content (AvgIpc) is 3.13. The maximum atomic E-state index is 5.73. The zero-order valence-corrected chi connectivity index (χ0v) is 12.5. The Hall–Kier alpha value is -3.07. The van der Waals surface area contributed by atoms with Crippen LogP contribution in [-0.4, -0.2) is 6.40 Å². The lowest BCUT2D eigenvalue weighted by Crippen LogP contribution is -2.20. The van der Waals surface area contributed by atoms with Crippen LogP contribution in [0.5, 0.6) is 0 Å². The van der Waals surface area contributed by atoms with E-state index in [0.29, 0.717) is 0 Å². The Morgan fingerprint density at radius 2 is 1.39 bits per heavy atom. The van der Waals surface area contributed by atoms with Crippen molar-refractivity contribution in [3.63, 3.8) is 0 Å². The summed E-state index contributed by atoms with van der Waals surface area (Å²) in [5.41, 5.74) is 4.41. The normalized spacial score (nSPS) is 16.3. The molecule has 1 atom stereocenters. The minimum absolute atomic E-state index is 0.235. The van der Waals surface area contributed by atoms with Gasteiger partial charge in [-0.1, -0.05) is 78.9 Å². The van der Waals surface area contributed by atoms with E-state index >= 15 is 0 Å². The van der Waals surface area contributed by atoms with Gasteiger partial charge in [-0.3, -0.25) is 0 Å². The van der Waals surface area contributed by atoms with E-state index in [1.165, 1.54) is 6.40 Å². The highest BCUT2D eigenvalue weighted by molar-refractivity contribution is 5.79. The summed E-state index contributed by atoms with van der Waals surface area (Å²) < 4.78 is 5.73. The zero-order chi connectivity index (χ0) is 15.5. The predicted octanol–water partition coefficient (Wildman–Crippen LogP) is 4.83. The molecule has 0 amide bonds. The standard InChI is InChI=1S/C20H16N2O/c1-3-9-16(10-4-1)18-13-7-8-14-19(18)22-20(23-15-21-22)17-11-5-2-6-12-17/h1-15,20H. The summed E-state index contributed by atoms with van der Waals surface area (Å²) >= 11 is 0. The first-order valence-corrected chi connectivity index (χ1v) is 7.60. The Kier molecular flexibility index (Phi) is 3.53. The number of nitrogens with zero attached hydrogens (tertiary/aromatic N) is 2. The Morgan fingerprint density at radius 3 is 2.17 bits per heavy atom. The summed E-state index contributed by atoms with van der Waals surface area (Å²) in [6, 6.07) is 28.7. The molecule has 3 heteroatoms. The van der Waals surface area contributed by atoms with E-state index in [2.05, 4.69) is 41.5 Å². The van der Waals surface area contributed by atoms with Gasteiger partial charge < -0.3 is 4.74 Å². The Labute approximate surface area is 135 Å². The van der Waals surface area contributed by atoms with Gasteiger partial charge in [0.2, 0.25) is 6.23 Å². The molecule has 1 heterocycles. The van der Waals surface area contributed by atoms with Gasteiger partial charge >= 0.3 is 0 Å². The van der Waals surface area contributed by atoms with Crippen LogP contribution < -0.4 is 5.01 Å². The molecule has 0 saturated carbocycles. The van der Waals surface area contributed by atoms with Crippen LogP contribution in [-0.2, 0) is 4.74 Å². The van der Waals surface area contributed by atoms with Crippen LogP contribution in [0.25, 0.3) is 11.1 Å². The van der Waals surface area contributed by atoms with Crippen LogP contribution in [0.3, 0.4) is 0 Å². The molecule has 3 aromatic carbocycles. The van der Waals surface area contributed by atoms with Gasteiger partial charge in [0.1, 0.15) is 0 Å². The molecule has 0 saturated heterocycles. The number of ether oxygens (including phenoxy) is 1. The van der Waals surface area contributed by atoms with Crippen LogP contribution in [0.4, 0.5) is 5.69 Å². The largest absolute Gasteiger partial charge is 0.452 e. The van der Waals surface area contributed by atoms with Gasteiger partial charge in [-0.2, -0.15) is 0 Å². The fourth-order valence-corrected chi connectivity index (χ4v) is 2.82. The van der Waals surface area contributed by atoms with Crippen molar-refractivity contribution in [3.8, 4) is 11.1 Å². The molecule has 0 fully saturated rings. The Morgan fingerprint density at radius 1 is 0.739 bits per heavy atom. The van der Waals surface area contributed by atoms with E-state index in [4.69, 9.17) is 4.74 Å². The molecule has 1 unspecified atom stereocenters. The lowest BCUT2D eigenvalue weighted by atomic mass is 10.0. The first-order chi connectivity index (χ1) is 11.4. The van der Waals surface area contributed by atoms with Gasteiger partial charge in [0.15, 0.2) is 6.40 Å². The SMILES string of the molecule is C1=NN(c2ccccc2-c2ccccc2)C(c2ccccc2)O1. The Balaban J connectivity index is 1.77. The molecule has 1 aliphatic rings. The smallest absolute Gasteiger partial charge is 0.219 e. The third kappa shape index (κ3) is 2.57. The first-order valence-electron chi connectivity index (χ1n) is 7.60. The van der Waals surface area contributed by atoms with E-state index in [-0.39, 0.29) is 6.23 Å². The number of hydrazone groups is 1. The molecule has 0 aliphatic carbocycles. The molecule has 0 N–H and O–H groups in total. The molecule has 3 aromatic rings. The van der Waals surface area contributed by atoms with Crippen molar-refractivity contribution >= 4 is 12.1 Å². The number of anilines is 1. The van der Waals surface area contributed by atoms with E-state index in [1.807, 2.05) is 53.5 Å². The maximum absolute atomic E-state index is 5.73. The maximum Gasteiger partial charge on any atom is 0.219 e. The van der Waals surface area contributed by atoms with E-state index < -0.39 is 0 Å². The fourth-order valence-electron chi connectivity index (χ4n) is 2.82. The molecule has 1 aliphatic heterocycles. The highest BCUT2D eigenvalue weighted by Crippen LogP contribution is 2.37. The summed E-state index contributed by atoms with van der Waals surface area (Å²) in [6.45, 7) is 0. The summed E-state index contributed by atoms with van der Waals surface area (Å²) in [6.07, 6.45) is 1.28. The van der Waals surface area contributed by atoms with E-state index in [0.717, 1.165) is 22.4 Å². The van der Waals surface area contributed by atoms with E-state index in [1.54, 1.807) is 0 Å². The highest BCUT2D eigenvalue weighted by Gasteiger charge is 2.27. The van der Waals surface area contributed by atoms with Gasteiger partial charge in [-0.15, -0.1) is 5.10 Å². The lowest BCUT2D eigenvalue weighted by Gasteiger charge is -2.24. The first kappa shape index (κ1) is 13.6. The summed E-state index contributed by atoms with van der Waals surface area (Å²) in [4.78, 5) is 0. The minimum Gasteiger partial charge on any atom is -0.452 e. The quantitative estimate of drug-likeness (QED) is 0.692. The topological polar surface area (TPSA) is 24.8 Å². The fraction of sp³-hybridized carbons (Fsp3) is 0.0500. The summed E-state index contributed by atoms with van der Waals surface area (Å²) in [5, 5.41) is 6.36. The predicted molar refractivity (Wildman–Crippen MR) is 93.1 cm³/mol. The summed E-state index contributed by atoms with van der Waals surface area (Å²) in [5.74, 6) is 0. The molecule has 3 nitrogen and oxygen atoms in total. The van der Waals surface area contributed by atoms with Gasteiger partial charge in [0.05, 0.1) is 5.69 Å². The van der Waals surface area contributed by atoms with Crippen molar-refractivity contribution in [2.24, 2.45) is 5.10 Å². The molecule has 0 radical (unpaired) electrons. The second kappa shape index (κ2) is 5.97. The van der Waals surface area contributed by atoms with Crippen molar-refractivity contribution < 1.29 is 4.74 Å². The molecule has 0 bridgehead atoms. The molecular weight excluding hydrogens is 284 g/mol. The second-order valence-corrected chi connectivity index (χ2v) is 5.35. The van der Waals surface area contributed by atoms with Gasteiger partial charge in [-0.05, 0) is 11.6 Å². The average molecular weight is 300 g/mol.